The van der Waals surface area contributed by atoms with Gasteiger partial charge in [0, 0.05) is 17.7 Å². The Hall–Kier alpha value is -2.82. The van der Waals surface area contributed by atoms with Crippen LogP contribution < -0.4 is 10.6 Å². The Balaban J connectivity index is 1.75. The van der Waals surface area contributed by atoms with Crippen LogP contribution >= 0.6 is 0 Å². The molecule has 0 spiro atoms. The van der Waals surface area contributed by atoms with E-state index in [0.717, 1.165) is 25.7 Å². The molecule has 1 aromatic heterocycles. The lowest BCUT2D eigenvalue weighted by Gasteiger charge is -2.23. The van der Waals surface area contributed by atoms with Crippen LogP contribution in [0, 0.1) is 0 Å². The monoisotopic (exact) mass is 338 g/mol. The second kappa shape index (κ2) is 8.33. The quantitative estimate of drug-likeness (QED) is 0.820. The summed E-state index contributed by atoms with van der Waals surface area (Å²) in [6.45, 7) is 0. The molecule has 5 nitrogen and oxygen atoms in total. The van der Waals surface area contributed by atoms with E-state index in [2.05, 4.69) is 10.6 Å². The molecule has 2 N–H and O–H groups in total. The fraction of sp³-hybridized carbons (Fsp3) is 0.300. The van der Waals surface area contributed by atoms with E-state index in [4.69, 9.17) is 4.42 Å². The lowest BCUT2D eigenvalue weighted by molar-refractivity contribution is -0.118. The van der Waals surface area contributed by atoms with Gasteiger partial charge in [0.2, 0.25) is 0 Å². The van der Waals surface area contributed by atoms with Gasteiger partial charge in [-0.15, -0.1) is 0 Å². The summed E-state index contributed by atoms with van der Waals surface area (Å²) in [5, 5.41) is 5.74. The lowest BCUT2D eigenvalue weighted by Crippen LogP contribution is -2.41. The molecule has 0 unspecified atom stereocenters. The minimum atomic E-state index is -0.322. The summed E-state index contributed by atoms with van der Waals surface area (Å²) in [6, 6.07) is 12.5. The number of carbonyl (C=O) groups excluding carboxylic acids is 2. The molecule has 1 aliphatic rings. The second-order valence-electron chi connectivity index (χ2n) is 6.20. The number of hydrogen-bond donors (Lipinski definition) is 2. The van der Waals surface area contributed by atoms with Crippen LogP contribution in [0.15, 0.2) is 58.8 Å². The molecular weight excluding hydrogens is 316 g/mol. The summed E-state index contributed by atoms with van der Waals surface area (Å²) in [5.41, 5.74) is 0.688. The van der Waals surface area contributed by atoms with Gasteiger partial charge in [-0.25, -0.2) is 0 Å². The van der Waals surface area contributed by atoms with E-state index >= 15 is 0 Å². The van der Waals surface area contributed by atoms with Crippen molar-refractivity contribution in [1.29, 1.82) is 0 Å². The summed E-state index contributed by atoms with van der Waals surface area (Å²) < 4.78 is 5.28. The van der Waals surface area contributed by atoms with Gasteiger partial charge < -0.3 is 15.1 Å². The van der Waals surface area contributed by atoms with E-state index in [9.17, 15) is 9.59 Å². The molecule has 1 fully saturated rings. The second-order valence-corrected chi connectivity index (χ2v) is 6.20. The molecule has 0 aliphatic heterocycles. The largest absolute Gasteiger partial charge is 0.465 e. The fourth-order valence-corrected chi connectivity index (χ4v) is 2.97. The molecule has 25 heavy (non-hydrogen) atoms. The van der Waals surface area contributed by atoms with Crippen LogP contribution in [-0.4, -0.2) is 17.9 Å². The van der Waals surface area contributed by atoms with Crippen molar-refractivity contribution in [1.82, 2.24) is 10.6 Å². The van der Waals surface area contributed by atoms with E-state index in [0.29, 0.717) is 11.3 Å². The smallest absolute Gasteiger partial charge is 0.268 e. The molecule has 2 aromatic rings. The zero-order valence-electron chi connectivity index (χ0n) is 14.0. The molecular formula is C20H22N2O3. The maximum absolute atomic E-state index is 12.7. The highest BCUT2D eigenvalue weighted by atomic mass is 16.3. The van der Waals surface area contributed by atoms with Gasteiger partial charge in [-0.1, -0.05) is 37.5 Å². The van der Waals surface area contributed by atoms with E-state index in [-0.39, 0.29) is 23.6 Å². The Morgan fingerprint density at radius 2 is 1.76 bits per heavy atom. The van der Waals surface area contributed by atoms with Crippen LogP contribution in [0.4, 0.5) is 0 Å². The average molecular weight is 338 g/mol. The van der Waals surface area contributed by atoms with Gasteiger partial charge in [-0.3, -0.25) is 9.59 Å². The van der Waals surface area contributed by atoms with Gasteiger partial charge in [0.05, 0.1) is 6.26 Å². The van der Waals surface area contributed by atoms with Gasteiger partial charge >= 0.3 is 0 Å². The minimum Gasteiger partial charge on any atom is -0.465 e. The Labute approximate surface area is 147 Å². The van der Waals surface area contributed by atoms with E-state index in [1.807, 2.05) is 6.07 Å². The number of hydrogen-bond acceptors (Lipinski definition) is 3. The highest BCUT2D eigenvalue weighted by Gasteiger charge is 2.20. The van der Waals surface area contributed by atoms with Crippen LogP contribution in [0.3, 0.4) is 0 Å². The Bertz CT molecular complexity index is 730. The van der Waals surface area contributed by atoms with Crippen LogP contribution in [0.25, 0.3) is 6.08 Å². The van der Waals surface area contributed by atoms with Gasteiger partial charge in [-0.2, -0.15) is 0 Å². The Morgan fingerprint density at radius 1 is 1.00 bits per heavy atom. The highest BCUT2D eigenvalue weighted by Crippen LogP contribution is 2.18. The number of carbonyl (C=O) groups is 2. The number of rotatable bonds is 5. The number of benzene rings is 1. The van der Waals surface area contributed by atoms with Gasteiger partial charge in [0.15, 0.2) is 0 Å². The molecule has 1 aliphatic carbocycles. The zero-order valence-corrected chi connectivity index (χ0v) is 14.0. The zero-order chi connectivity index (χ0) is 17.5. The first-order valence-electron chi connectivity index (χ1n) is 8.65. The van der Waals surface area contributed by atoms with Crippen molar-refractivity contribution in [2.45, 2.75) is 38.1 Å². The molecule has 0 radical (unpaired) electrons. The first-order valence-corrected chi connectivity index (χ1v) is 8.65. The third kappa shape index (κ3) is 4.83. The highest BCUT2D eigenvalue weighted by molar-refractivity contribution is 6.05. The average Bonchev–Trinajstić information content (AvgIpc) is 3.16. The van der Waals surface area contributed by atoms with E-state index in [1.54, 1.807) is 42.5 Å². The van der Waals surface area contributed by atoms with Gasteiger partial charge in [-0.05, 0) is 37.1 Å². The molecule has 1 heterocycles. The molecule has 5 heteroatoms. The lowest BCUT2D eigenvalue weighted by atomic mass is 9.95. The number of furan rings is 1. The molecule has 1 aromatic carbocycles. The minimum absolute atomic E-state index is 0.162. The molecule has 2 amide bonds. The molecule has 0 saturated heterocycles. The fourth-order valence-electron chi connectivity index (χ4n) is 2.97. The van der Waals surface area contributed by atoms with Crippen molar-refractivity contribution in [3.63, 3.8) is 0 Å². The summed E-state index contributed by atoms with van der Waals surface area (Å²) >= 11 is 0. The normalized spacial score (nSPS) is 15.6. The molecule has 0 atom stereocenters. The molecule has 3 rings (SSSR count). The maximum Gasteiger partial charge on any atom is 0.268 e. The van der Waals surface area contributed by atoms with Crippen molar-refractivity contribution in [2.75, 3.05) is 0 Å². The van der Waals surface area contributed by atoms with E-state index in [1.165, 1.54) is 12.7 Å². The molecule has 1 saturated carbocycles. The van der Waals surface area contributed by atoms with Gasteiger partial charge in [0.1, 0.15) is 11.5 Å². The topological polar surface area (TPSA) is 71.3 Å². The summed E-state index contributed by atoms with van der Waals surface area (Å²) in [5.74, 6) is -0.0908. The third-order valence-electron chi connectivity index (χ3n) is 4.30. The summed E-state index contributed by atoms with van der Waals surface area (Å²) in [4.78, 5) is 25.1. The number of nitrogens with one attached hydrogen (secondary N) is 2. The predicted molar refractivity (Wildman–Crippen MR) is 95.6 cm³/mol. The van der Waals surface area contributed by atoms with Crippen LogP contribution in [-0.2, 0) is 4.79 Å². The van der Waals surface area contributed by atoms with Crippen molar-refractivity contribution in [3.8, 4) is 0 Å². The molecule has 130 valence electrons. The van der Waals surface area contributed by atoms with Crippen molar-refractivity contribution >= 4 is 17.9 Å². The van der Waals surface area contributed by atoms with Crippen LogP contribution in [0.1, 0.15) is 48.2 Å². The standard InChI is InChI=1S/C20H22N2O3/c23-19(15-8-3-1-4-9-15)22-18(14-17-12-7-13-25-17)20(24)21-16-10-5-2-6-11-16/h1,3-4,7-9,12-14,16H,2,5-6,10-11H2,(H,21,24)(H,22,23). The first-order chi connectivity index (χ1) is 12.2. The van der Waals surface area contributed by atoms with Crippen molar-refractivity contribution in [2.24, 2.45) is 0 Å². The van der Waals surface area contributed by atoms with E-state index < -0.39 is 0 Å². The van der Waals surface area contributed by atoms with Crippen LogP contribution in [0.5, 0.6) is 0 Å². The van der Waals surface area contributed by atoms with Crippen molar-refractivity contribution < 1.29 is 14.0 Å². The van der Waals surface area contributed by atoms with Crippen molar-refractivity contribution in [3.05, 3.63) is 65.7 Å². The summed E-state index contributed by atoms with van der Waals surface area (Å²) in [7, 11) is 0. The van der Waals surface area contributed by atoms with Crippen LogP contribution in [0.2, 0.25) is 0 Å². The summed E-state index contributed by atoms with van der Waals surface area (Å²) in [6.07, 6.45) is 8.50. The Morgan fingerprint density at radius 3 is 2.44 bits per heavy atom. The first kappa shape index (κ1) is 17.0. The number of amides is 2. The maximum atomic E-state index is 12.7. The molecule has 0 bridgehead atoms. The third-order valence-corrected chi connectivity index (χ3v) is 4.30. The Kier molecular flexibility index (Phi) is 5.67. The predicted octanol–water partition coefficient (Wildman–Crippen LogP) is 3.50. The SMILES string of the molecule is O=C(NC1CCCCC1)C(=Cc1ccco1)NC(=O)c1ccccc1. The van der Waals surface area contributed by atoms with Gasteiger partial charge in [0.25, 0.3) is 11.8 Å².